The first kappa shape index (κ1) is 61.6. The molecule has 0 heterocycles. The van der Waals surface area contributed by atoms with Gasteiger partial charge in [0, 0.05) is 33.6 Å². The number of carboxylic acids is 1. The second-order valence-electron chi connectivity index (χ2n) is 25.0. The van der Waals surface area contributed by atoms with Gasteiger partial charge < -0.3 is 41.5 Å². The number of aliphatic carboxylic acids is 1. The number of ether oxygens (including phenoxy) is 2. The number of esters is 2. The van der Waals surface area contributed by atoms with E-state index in [9.17, 15) is 49.5 Å². The molecule has 10 unspecified atom stereocenters. The Morgan fingerprint density at radius 3 is 1.44 bits per heavy atom. The number of carboxylic acid groups (broad SMARTS) is 1. The predicted octanol–water partition coefficient (Wildman–Crippen LogP) is 6.41. The van der Waals surface area contributed by atoms with Gasteiger partial charge in [-0.15, -0.1) is 0 Å². The monoisotopic (exact) mass is 1080 g/mol. The van der Waals surface area contributed by atoms with Crippen LogP contribution in [-0.4, -0.2) is 92.9 Å². The fourth-order valence-corrected chi connectivity index (χ4v) is 16.8. The quantitative estimate of drug-likeness (QED) is 0.0535. The number of ketones is 2. The summed E-state index contributed by atoms with van der Waals surface area (Å²) in [5.74, 6) is 2.84. The third-order valence-electron chi connectivity index (χ3n) is 21.1. The minimum Gasteiger partial charge on any atom is -1.00 e. The largest absolute Gasteiger partial charge is 1.00 e. The van der Waals surface area contributed by atoms with E-state index in [1.165, 1.54) is 60.1 Å². The van der Waals surface area contributed by atoms with Crippen LogP contribution in [-0.2, 0) is 43.2 Å². The molecular weight excluding hydrogens is 998 g/mol. The molecule has 9 aliphatic carbocycles. The number of carbonyl (C=O) groups excluding carboxylic acids is 4. The summed E-state index contributed by atoms with van der Waals surface area (Å²) in [5, 5.41) is 57.9. The second kappa shape index (κ2) is 24.6. The van der Waals surface area contributed by atoms with Gasteiger partial charge in [-0.1, -0.05) is 39.0 Å². The molecular formula is C63H82BNaO13+. The summed E-state index contributed by atoms with van der Waals surface area (Å²) in [6, 6.07) is 17.7. The number of rotatable bonds is 5. The smallest absolute Gasteiger partial charge is 1.00 e. The number of aryl methyl sites for hydroxylation is 3. The van der Waals surface area contributed by atoms with E-state index >= 15 is 0 Å². The summed E-state index contributed by atoms with van der Waals surface area (Å²) < 4.78 is 10.4. The third kappa shape index (κ3) is 11.8. The fraction of sp³-hybridized carbons (Fsp3) is 0.619. The summed E-state index contributed by atoms with van der Waals surface area (Å²) in [4.78, 5) is 53.1. The van der Waals surface area contributed by atoms with Gasteiger partial charge in [0.15, 0.2) is 6.10 Å². The van der Waals surface area contributed by atoms with Crippen LogP contribution in [0, 0.1) is 58.2 Å². The first-order valence-electron chi connectivity index (χ1n) is 28.3. The summed E-state index contributed by atoms with van der Waals surface area (Å²) >= 11 is 0. The van der Waals surface area contributed by atoms with Gasteiger partial charge >= 0.3 is 47.5 Å². The Kier molecular flexibility index (Phi) is 19.4. The molecule has 0 aromatic heterocycles. The van der Waals surface area contributed by atoms with Crippen molar-refractivity contribution in [3.05, 3.63) is 94.4 Å². The maximum Gasteiger partial charge on any atom is 1.00 e. The summed E-state index contributed by atoms with van der Waals surface area (Å²) in [6.07, 6.45) is 19.1. The number of fused-ring (bicyclic) bond motifs is 15. The molecule has 3 aromatic rings. The van der Waals surface area contributed by atoms with Crippen LogP contribution in [0.5, 0.6) is 17.2 Å². The first-order chi connectivity index (χ1) is 36.0. The number of benzene rings is 3. The van der Waals surface area contributed by atoms with Crippen LogP contribution in [0.4, 0.5) is 0 Å². The van der Waals surface area contributed by atoms with Crippen LogP contribution >= 0.6 is 0 Å². The number of aromatic hydroxyl groups is 1. The third-order valence-corrected chi connectivity index (χ3v) is 21.1. The van der Waals surface area contributed by atoms with Crippen molar-refractivity contribution < 1.29 is 95.1 Å². The maximum absolute atomic E-state index is 11.6. The number of Topliss-reactive ketones (excluding diaryl/α,β-unsaturated/α-hetero) is 2. The molecule has 0 saturated heterocycles. The van der Waals surface area contributed by atoms with Crippen molar-refractivity contribution in [1.82, 2.24) is 0 Å². The van der Waals surface area contributed by atoms with Crippen LogP contribution < -0.4 is 39.0 Å². The Bertz CT molecular complexity index is 2710. The van der Waals surface area contributed by atoms with Gasteiger partial charge in [-0.05, 0) is 238 Å². The van der Waals surface area contributed by atoms with Gasteiger partial charge in [0.05, 0.1) is 18.6 Å². The Labute approximate surface area is 486 Å². The molecule has 9 aliphatic rings. The van der Waals surface area contributed by atoms with E-state index in [1.807, 2.05) is 36.4 Å². The summed E-state index contributed by atoms with van der Waals surface area (Å²) in [5.41, 5.74) is 8.41. The van der Waals surface area contributed by atoms with Crippen LogP contribution in [0.1, 0.15) is 184 Å². The van der Waals surface area contributed by atoms with E-state index in [4.69, 9.17) is 14.6 Å². The number of aliphatic hydroxyl groups excluding tert-OH is 4. The zero-order valence-electron chi connectivity index (χ0n) is 47.9. The zero-order valence-corrected chi connectivity index (χ0v) is 48.9. The van der Waals surface area contributed by atoms with Crippen LogP contribution in [0.3, 0.4) is 0 Å². The molecule has 0 amide bonds. The molecule has 78 heavy (non-hydrogen) atoms. The van der Waals surface area contributed by atoms with Gasteiger partial charge in [-0.3, -0.25) is 9.59 Å². The molecule has 0 aliphatic heterocycles. The standard InChI is InChI=1S/C21H28O4.C21H26O4.C18H22O2.C3H4O3.B.Na.H/c2*1-12(22)20(24)25-14-4-6-15-13(11-14)3-5-17-16(15)9-10-21(2)18(17)7-8-19(21)23;1-18-9-8-14-13-5-3-12(19)10-11(13)2-4-15(14)16(18)6-7-17(18)20;1-2(4)3(5)6;;;/h4,6,11-12,16-19,22-23H,3,5,7-10H2,1-2H3;4,6,11,16-19,23H,3,5,7-10H2,1-2H3;3,5,7,10,14-17,20H,2,4,6,8-9H2,1H3;1H3,(H,5,6);;;/q;;;;;+1;-1/p+1/t12?,16?,17?,18?,19-,21-;16?,17?,18?,19-,21-;14?,15?,16?,17-,18-;;;;/m000..../s1. The summed E-state index contributed by atoms with van der Waals surface area (Å²) in [7, 11) is 0. The number of carbonyl (C=O) groups is 5. The van der Waals surface area contributed by atoms with Crippen LogP contribution in [0.25, 0.3) is 0 Å². The Morgan fingerprint density at radius 1 is 0.590 bits per heavy atom. The molecule has 13 nitrogen and oxygen atoms in total. The molecule has 12 rings (SSSR count). The number of hydrogen-bond donors (Lipinski definition) is 6. The predicted molar refractivity (Wildman–Crippen MR) is 291 cm³/mol. The van der Waals surface area contributed by atoms with Crippen LogP contribution in [0.2, 0.25) is 0 Å². The van der Waals surface area contributed by atoms with Crippen molar-refractivity contribution in [1.29, 1.82) is 0 Å². The van der Waals surface area contributed by atoms with Gasteiger partial charge in [0.1, 0.15) is 29.8 Å². The van der Waals surface area contributed by atoms with E-state index < -0.39 is 35.6 Å². The topological polar surface area (TPSA) is 225 Å². The van der Waals surface area contributed by atoms with Crippen molar-refractivity contribution in [3.8, 4) is 17.2 Å². The van der Waals surface area contributed by atoms with Gasteiger partial charge in [-0.2, -0.15) is 0 Å². The van der Waals surface area contributed by atoms with Crippen molar-refractivity contribution in [2.75, 3.05) is 0 Å². The van der Waals surface area contributed by atoms with Crippen molar-refractivity contribution >= 4 is 37.9 Å². The molecule has 6 fully saturated rings. The number of phenolic OH excluding ortho intramolecular Hbond substituents is 1. The van der Waals surface area contributed by atoms with Gasteiger partial charge in [-0.25, -0.2) is 14.4 Å². The average Bonchev–Trinajstić information content (AvgIpc) is 4.01. The average molecular weight is 1080 g/mol. The number of hydrogen-bond acceptors (Lipinski definition) is 12. The molecule has 6 N–H and O–H groups in total. The van der Waals surface area contributed by atoms with Crippen molar-refractivity contribution in [3.63, 3.8) is 0 Å². The van der Waals surface area contributed by atoms with E-state index in [0.717, 1.165) is 103 Å². The molecule has 0 bridgehead atoms. The Balaban J connectivity index is 0.000000179. The van der Waals surface area contributed by atoms with E-state index in [1.54, 1.807) is 0 Å². The molecule has 6 saturated carbocycles. The van der Waals surface area contributed by atoms with Gasteiger partial charge in [0.25, 0.3) is 0 Å². The Morgan fingerprint density at radius 2 is 1.00 bits per heavy atom. The maximum atomic E-state index is 11.6. The molecule has 3 radical (unpaired) electrons. The van der Waals surface area contributed by atoms with Crippen molar-refractivity contribution in [2.24, 2.45) is 51.8 Å². The molecule has 0 spiro atoms. The van der Waals surface area contributed by atoms with E-state index in [0.29, 0.717) is 70.5 Å². The fourth-order valence-electron chi connectivity index (χ4n) is 16.8. The number of aliphatic hydroxyl groups is 4. The van der Waals surface area contributed by atoms with E-state index in [-0.39, 0.29) is 74.0 Å². The molecule has 16 atom stereocenters. The molecule has 415 valence electrons. The van der Waals surface area contributed by atoms with Gasteiger partial charge in [0.2, 0.25) is 11.6 Å². The molecule has 15 heteroatoms. The SMILES string of the molecule is CC(=O)C(=O)O.CC(=O)C(=O)Oc1ccc2c(c1)CCC1C2CC[C@@]2(C)C1CC[C@@H]2O.CC(O)C(=O)Oc1ccc2c(c1)CCC1C2CC[C@@]2(C)C1CC[C@@H]2O.C[C@]12CCC3c4ccc(O)cc4CCC3C1C[CH+][C@@H]2O.[B].[H-].[Na+]. The molecule has 3 aromatic carbocycles. The van der Waals surface area contributed by atoms with Crippen LogP contribution in [0.15, 0.2) is 54.6 Å². The summed E-state index contributed by atoms with van der Waals surface area (Å²) in [6.45, 7) is 10.5. The zero-order chi connectivity index (χ0) is 54.6. The van der Waals surface area contributed by atoms with E-state index in [2.05, 4.69) is 45.4 Å². The minimum absolute atomic E-state index is 0. The second-order valence-corrected chi connectivity index (χ2v) is 25.0. The van der Waals surface area contributed by atoms with Crippen molar-refractivity contribution in [2.45, 2.75) is 193 Å². The number of phenols is 1. The first-order valence-corrected chi connectivity index (χ1v) is 28.3. The normalized spacial score (nSPS) is 35.1. The minimum atomic E-state index is -1.38. The Hall–Kier alpha value is -4.02.